The quantitative estimate of drug-likeness (QED) is 0.762. The van der Waals surface area contributed by atoms with Crippen LogP contribution in [0.4, 0.5) is 0 Å². The molecular weight excluding hydrogens is 220 g/mol. The van der Waals surface area contributed by atoms with Gasteiger partial charge in [0.2, 0.25) is 0 Å². The molecule has 1 saturated heterocycles. The maximum Gasteiger partial charge on any atom is 0.153 e. The normalized spacial score (nSPS) is 19.6. The van der Waals surface area contributed by atoms with Gasteiger partial charge in [0, 0.05) is 11.8 Å². The number of benzene rings is 1. The van der Waals surface area contributed by atoms with Gasteiger partial charge < -0.3 is 13.9 Å². The maximum atomic E-state index is 10.8. The van der Waals surface area contributed by atoms with Gasteiger partial charge in [0.05, 0.1) is 18.8 Å². The van der Waals surface area contributed by atoms with Crippen LogP contribution in [0.1, 0.15) is 16.8 Å². The number of aldehydes is 1. The van der Waals surface area contributed by atoms with Crippen LogP contribution in [0.15, 0.2) is 28.9 Å². The molecule has 0 amide bonds. The van der Waals surface area contributed by atoms with Gasteiger partial charge in [-0.1, -0.05) is 0 Å². The molecule has 88 valence electrons. The number of carbonyl (C=O) groups excluding carboxylic acids is 1. The molecule has 0 radical (unpaired) electrons. The Morgan fingerprint density at radius 1 is 1.41 bits per heavy atom. The van der Waals surface area contributed by atoms with Gasteiger partial charge in [0.25, 0.3) is 0 Å². The van der Waals surface area contributed by atoms with Crippen LogP contribution in [0, 0.1) is 0 Å². The van der Waals surface area contributed by atoms with Crippen molar-refractivity contribution in [3.63, 3.8) is 0 Å². The summed E-state index contributed by atoms with van der Waals surface area (Å²) in [5, 5.41) is 0.788. The van der Waals surface area contributed by atoms with E-state index in [4.69, 9.17) is 13.9 Å². The van der Waals surface area contributed by atoms with Crippen LogP contribution in [-0.2, 0) is 4.74 Å². The van der Waals surface area contributed by atoms with Crippen molar-refractivity contribution in [1.29, 1.82) is 0 Å². The zero-order chi connectivity index (χ0) is 11.7. The van der Waals surface area contributed by atoms with Crippen molar-refractivity contribution in [3.8, 4) is 5.75 Å². The highest BCUT2D eigenvalue weighted by Crippen LogP contribution is 2.26. The van der Waals surface area contributed by atoms with E-state index in [2.05, 4.69) is 0 Å². The van der Waals surface area contributed by atoms with E-state index in [1.807, 2.05) is 18.2 Å². The molecule has 1 fully saturated rings. The summed E-state index contributed by atoms with van der Waals surface area (Å²) in [7, 11) is 0. The van der Waals surface area contributed by atoms with Gasteiger partial charge in [-0.05, 0) is 18.2 Å². The summed E-state index contributed by atoms with van der Waals surface area (Å²) in [6, 6.07) is 5.49. The molecule has 0 N–H and O–H groups in total. The van der Waals surface area contributed by atoms with Crippen molar-refractivity contribution >= 4 is 17.3 Å². The number of rotatable bonds is 3. The van der Waals surface area contributed by atoms with Crippen molar-refractivity contribution in [2.24, 2.45) is 0 Å². The Kier molecular flexibility index (Phi) is 2.57. The molecule has 1 aromatic carbocycles. The van der Waals surface area contributed by atoms with Crippen molar-refractivity contribution in [1.82, 2.24) is 0 Å². The molecule has 17 heavy (non-hydrogen) atoms. The summed E-state index contributed by atoms with van der Waals surface area (Å²) in [4.78, 5) is 10.8. The summed E-state index contributed by atoms with van der Waals surface area (Å²) in [6.45, 7) is 1.38. The van der Waals surface area contributed by atoms with E-state index in [-0.39, 0.29) is 6.10 Å². The lowest BCUT2D eigenvalue weighted by atomic mass is 10.2. The lowest BCUT2D eigenvalue weighted by molar-refractivity contribution is 0.112. The third kappa shape index (κ3) is 1.91. The molecule has 4 heteroatoms. The van der Waals surface area contributed by atoms with Crippen LogP contribution in [0.2, 0.25) is 0 Å². The topological polar surface area (TPSA) is 48.7 Å². The lowest BCUT2D eigenvalue weighted by Crippen LogP contribution is -2.15. The molecule has 1 aliphatic heterocycles. The summed E-state index contributed by atoms with van der Waals surface area (Å²) < 4.78 is 16.3. The number of carbonyl (C=O) groups is 1. The summed E-state index contributed by atoms with van der Waals surface area (Å²) in [5.41, 5.74) is 1.25. The van der Waals surface area contributed by atoms with Crippen molar-refractivity contribution in [2.45, 2.75) is 12.5 Å². The van der Waals surface area contributed by atoms with Gasteiger partial charge >= 0.3 is 0 Å². The second-order valence-corrected chi connectivity index (χ2v) is 4.07. The lowest BCUT2D eigenvalue weighted by Gasteiger charge is -2.11. The van der Waals surface area contributed by atoms with E-state index in [0.717, 1.165) is 30.4 Å². The SMILES string of the molecule is O=Cc1coc2ccc(OC3CCOC3)cc12. The first-order chi connectivity index (χ1) is 8.36. The molecule has 0 aliphatic carbocycles. The Morgan fingerprint density at radius 3 is 3.12 bits per heavy atom. The summed E-state index contributed by atoms with van der Waals surface area (Å²) in [5.74, 6) is 0.748. The van der Waals surface area contributed by atoms with Crippen LogP contribution >= 0.6 is 0 Å². The van der Waals surface area contributed by atoms with E-state index in [1.165, 1.54) is 6.26 Å². The van der Waals surface area contributed by atoms with E-state index < -0.39 is 0 Å². The Morgan fingerprint density at radius 2 is 2.35 bits per heavy atom. The predicted octanol–water partition coefficient (Wildman–Crippen LogP) is 2.41. The second-order valence-electron chi connectivity index (χ2n) is 4.07. The Labute approximate surface area is 98.1 Å². The molecule has 1 aliphatic rings. The van der Waals surface area contributed by atoms with Gasteiger partial charge in [-0.3, -0.25) is 4.79 Å². The first-order valence-electron chi connectivity index (χ1n) is 5.57. The highest BCUT2D eigenvalue weighted by atomic mass is 16.5. The molecule has 0 saturated carbocycles. The van der Waals surface area contributed by atoms with Gasteiger partial charge in [0.15, 0.2) is 6.29 Å². The first-order valence-corrected chi connectivity index (χ1v) is 5.57. The fraction of sp³-hybridized carbons (Fsp3) is 0.308. The number of hydrogen-bond donors (Lipinski definition) is 0. The van der Waals surface area contributed by atoms with E-state index in [1.54, 1.807) is 0 Å². The van der Waals surface area contributed by atoms with Crippen molar-refractivity contribution in [2.75, 3.05) is 13.2 Å². The molecule has 0 bridgehead atoms. The average Bonchev–Trinajstić information content (AvgIpc) is 2.97. The number of fused-ring (bicyclic) bond motifs is 1. The van der Waals surface area contributed by atoms with Crippen LogP contribution in [-0.4, -0.2) is 25.6 Å². The minimum atomic E-state index is 0.110. The maximum absolute atomic E-state index is 10.8. The first kappa shape index (κ1) is 10.4. The fourth-order valence-electron chi connectivity index (χ4n) is 1.99. The van der Waals surface area contributed by atoms with E-state index >= 15 is 0 Å². The third-order valence-electron chi connectivity index (χ3n) is 2.89. The van der Waals surface area contributed by atoms with Crippen molar-refractivity contribution in [3.05, 3.63) is 30.0 Å². The fourth-order valence-corrected chi connectivity index (χ4v) is 1.99. The van der Waals surface area contributed by atoms with Gasteiger partial charge in [-0.2, -0.15) is 0 Å². The van der Waals surface area contributed by atoms with Gasteiger partial charge in [-0.25, -0.2) is 0 Å². The van der Waals surface area contributed by atoms with E-state index in [9.17, 15) is 4.79 Å². The zero-order valence-electron chi connectivity index (χ0n) is 9.22. The van der Waals surface area contributed by atoms with Crippen LogP contribution in [0.25, 0.3) is 11.0 Å². The molecule has 2 heterocycles. The highest BCUT2D eigenvalue weighted by Gasteiger charge is 2.17. The minimum absolute atomic E-state index is 0.110. The number of hydrogen-bond acceptors (Lipinski definition) is 4. The minimum Gasteiger partial charge on any atom is -0.488 e. The standard InChI is InChI=1S/C13H12O4/c14-6-9-7-16-13-2-1-10(5-12(9)13)17-11-3-4-15-8-11/h1-2,5-7,11H,3-4,8H2. The predicted molar refractivity (Wildman–Crippen MR) is 61.5 cm³/mol. The average molecular weight is 232 g/mol. The summed E-state index contributed by atoms with van der Waals surface area (Å²) >= 11 is 0. The largest absolute Gasteiger partial charge is 0.488 e. The monoisotopic (exact) mass is 232 g/mol. The third-order valence-corrected chi connectivity index (χ3v) is 2.89. The number of furan rings is 1. The molecule has 1 atom stereocenters. The number of ether oxygens (including phenoxy) is 2. The van der Waals surface area contributed by atoms with E-state index in [0.29, 0.717) is 17.8 Å². The Balaban J connectivity index is 1.91. The van der Waals surface area contributed by atoms with Crippen LogP contribution < -0.4 is 4.74 Å². The van der Waals surface area contributed by atoms with Gasteiger partial charge in [-0.15, -0.1) is 0 Å². The molecule has 4 nitrogen and oxygen atoms in total. The summed E-state index contributed by atoms with van der Waals surface area (Å²) in [6.07, 6.45) is 3.26. The van der Waals surface area contributed by atoms with Crippen LogP contribution in [0.5, 0.6) is 5.75 Å². The smallest absolute Gasteiger partial charge is 0.153 e. The van der Waals surface area contributed by atoms with Gasteiger partial charge in [0.1, 0.15) is 23.7 Å². The van der Waals surface area contributed by atoms with Crippen molar-refractivity contribution < 1.29 is 18.7 Å². The van der Waals surface area contributed by atoms with Crippen LogP contribution in [0.3, 0.4) is 0 Å². The molecule has 1 unspecified atom stereocenters. The zero-order valence-corrected chi connectivity index (χ0v) is 9.22. The Bertz CT molecular complexity index is 537. The Hall–Kier alpha value is -1.81. The molecule has 2 aromatic rings. The molecule has 0 spiro atoms. The highest BCUT2D eigenvalue weighted by molar-refractivity contribution is 5.96. The second kappa shape index (κ2) is 4.22. The molecule has 3 rings (SSSR count). The molecule has 1 aromatic heterocycles. The molecular formula is C13H12O4.